The number of ether oxygens (including phenoxy) is 1. The number of rotatable bonds is 5. The molecule has 132 valence electrons. The largest absolute Gasteiger partial charge is 0.469 e. The van der Waals surface area contributed by atoms with Crippen molar-refractivity contribution >= 4 is 28.8 Å². The summed E-state index contributed by atoms with van der Waals surface area (Å²) < 4.78 is 6.38. The van der Waals surface area contributed by atoms with Gasteiger partial charge in [-0.1, -0.05) is 12.1 Å². The Hall–Kier alpha value is -3.62. The Morgan fingerprint density at radius 1 is 1.31 bits per heavy atom. The monoisotopic (exact) mass is 353 g/mol. The van der Waals surface area contributed by atoms with Crippen molar-refractivity contribution in [1.29, 1.82) is 0 Å². The maximum Gasteiger partial charge on any atom is 0.311 e. The number of nitro benzene ring substituents is 1. The SMILES string of the molecule is COC(=O)Cc1nc2ccccn2c1N=Nc1cc([N+](=O)[O-])ccc1C. The molecule has 0 aliphatic carbocycles. The van der Waals surface area contributed by atoms with E-state index in [-0.39, 0.29) is 12.1 Å². The second-order valence-corrected chi connectivity index (χ2v) is 5.49. The van der Waals surface area contributed by atoms with E-state index in [4.69, 9.17) is 4.74 Å². The van der Waals surface area contributed by atoms with Crippen LogP contribution in [0.4, 0.5) is 17.2 Å². The van der Waals surface area contributed by atoms with E-state index in [0.29, 0.717) is 22.8 Å². The van der Waals surface area contributed by atoms with Gasteiger partial charge in [-0.3, -0.25) is 19.3 Å². The summed E-state index contributed by atoms with van der Waals surface area (Å²) in [5, 5.41) is 19.3. The van der Waals surface area contributed by atoms with E-state index in [1.807, 2.05) is 6.07 Å². The summed E-state index contributed by atoms with van der Waals surface area (Å²) in [5.74, 6) is -0.0757. The fourth-order valence-electron chi connectivity index (χ4n) is 2.39. The number of non-ortho nitro benzene ring substituents is 1. The lowest BCUT2D eigenvalue weighted by atomic mass is 10.2. The number of aromatic nitrogens is 2. The first-order valence-electron chi connectivity index (χ1n) is 7.69. The van der Waals surface area contributed by atoms with Crippen molar-refractivity contribution in [2.75, 3.05) is 7.11 Å². The predicted molar refractivity (Wildman–Crippen MR) is 92.9 cm³/mol. The third kappa shape index (κ3) is 3.41. The van der Waals surface area contributed by atoms with E-state index < -0.39 is 10.9 Å². The molecule has 0 bridgehead atoms. The summed E-state index contributed by atoms with van der Waals surface area (Å²) in [4.78, 5) is 26.5. The maximum atomic E-state index is 11.6. The summed E-state index contributed by atoms with van der Waals surface area (Å²) in [7, 11) is 1.30. The van der Waals surface area contributed by atoms with Crippen LogP contribution in [0.25, 0.3) is 5.65 Å². The van der Waals surface area contributed by atoms with Crippen molar-refractivity contribution in [1.82, 2.24) is 9.38 Å². The standard InChI is InChI=1S/C17H15N5O4/c1-11-6-7-12(22(24)25)9-13(11)19-20-17-14(10-16(23)26-2)18-15-5-3-4-8-21(15)17/h3-9H,10H2,1-2H3. The summed E-state index contributed by atoms with van der Waals surface area (Å²) in [6.07, 6.45) is 1.69. The lowest BCUT2D eigenvalue weighted by Crippen LogP contribution is -2.04. The average Bonchev–Trinajstić information content (AvgIpc) is 2.97. The molecule has 0 radical (unpaired) electrons. The van der Waals surface area contributed by atoms with Crippen molar-refractivity contribution in [2.45, 2.75) is 13.3 Å². The fraction of sp³-hybridized carbons (Fsp3) is 0.176. The minimum atomic E-state index is -0.491. The molecule has 0 fully saturated rings. The van der Waals surface area contributed by atoms with E-state index >= 15 is 0 Å². The van der Waals surface area contributed by atoms with Gasteiger partial charge in [-0.15, -0.1) is 10.2 Å². The van der Waals surface area contributed by atoms with Gasteiger partial charge < -0.3 is 4.74 Å². The quantitative estimate of drug-likeness (QED) is 0.300. The van der Waals surface area contributed by atoms with Crippen LogP contribution in [0.2, 0.25) is 0 Å². The lowest BCUT2D eigenvalue weighted by molar-refractivity contribution is -0.384. The number of carbonyl (C=O) groups excluding carboxylic acids is 1. The fourth-order valence-corrected chi connectivity index (χ4v) is 2.39. The number of pyridine rings is 1. The molecule has 0 unspecified atom stereocenters. The van der Waals surface area contributed by atoms with Crippen LogP contribution in [0.3, 0.4) is 0 Å². The van der Waals surface area contributed by atoms with Gasteiger partial charge in [-0.05, 0) is 24.6 Å². The number of esters is 1. The topological polar surface area (TPSA) is 111 Å². The molecule has 0 saturated carbocycles. The van der Waals surface area contributed by atoms with Crippen molar-refractivity contribution < 1.29 is 14.5 Å². The van der Waals surface area contributed by atoms with Crippen LogP contribution < -0.4 is 0 Å². The van der Waals surface area contributed by atoms with Gasteiger partial charge in [0.25, 0.3) is 5.69 Å². The van der Waals surface area contributed by atoms with Crippen molar-refractivity contribution in [3.63, 3.8) is 0 Å². The van der Waals surface area contributed by atoms with E-state index in [2.05, 4.69) is 15.2 Å². The molecule has 0 spiro atoms. The number of hydrogen-bond acceptors (Lipinski definition) is 7. The van der Waals surface area contributed by atoms with Gasteiger partial charge in [0.05, 0.1) is 29.8 Å². The van der Waals surface area contributed by atoms with Crippen LogP contribution >= 0.6 is 0 Å². The summed E-state index contributed by atoms with van der Waals surface area (Å²) in [5.41, 5.74) is 2.06. The molecule has 26 heavy (non-hydrogen) atoms. The number of imidazole rings is 1. The third-order valence-corrected chi connectivity index (χ3v) is 3.77. The number of nitro groups is 1. The predicted octanol–water partition coefficient (Wildman–Crippen LogP) is 3.68. The molecule has 2 heterocycles. The zero-order valence-corrected chi connectivity index (χ0v) is 14.1. The first kappa shape index (κ1) is 17.2. The molecule has 0 aliphatic rings. The highest BCUT2D eigenvalue weighted by Gasteiger charge is 2.16. The molecule has 0 atom stereocenters. The highest BCUT2D eigenvalue weighted by atomic mass is 16.6. The number of nitrogens with zero attached hydrogens (tertiary/aromatic N) is 5. The molecule has 2 aromatic heterocycles. The van der Waals surface area contributed by atoms with E-state index in [0.717, 1.165) is 5.56 Å². The Morgan fingerprint density at radius 3 is 2.85 bits per heavy atom. The van der Waals surface area contributed by atoms with E-state index in [9.17, 15) is 14.9 Å². The van der Waals surface area contributed by atoms with Crippen LogP contribution in [0.15, 0.2) is 52.8 Å². The number of hydrogen-bond donors (Lipinski definition) is 0. The van der Waals surface area contributed by atoms with Crippen molar-refractivity contribution in [2.24, 2.45) is 10.2 Å². The summed E-state index contributed by atoms with van der Waals surface area (Å²) in [6.45, 7) is 1.78. The van der Waals surface area contributed by atoms with Gasteiger partial charge in [0.1, 0.15) is 5.65 Å². The van der Waals surface area contributed by atoms with Crippen LogP contribution in [-0.4, -0.2) is 27.4 Å². The molecule has 0 amide bonds. The van der Waals surface area contributed by atoms with Gasteiger partial charge >= 0.3 is 5.97 Å². The average molecular weight is 353 g/mol. The highest BCUT2D eigenvalue weighted by Crippen LogP contribution is 2.28. The second kappa shape index (κ2) is 7.09. The second-order valence-electron chi connectivity index (χ2n) is 5.49. The Balaban J connectivity index is 2.06. The molecular weight excluding hydrogens is 338 g/mol. The zero-order chi connectivity index (χ0) is 18.7. The minimum absolute atomic E-state index is 0.0551. The maximum absolute atomic E-state index is 11.6. The molecule has 9 heteroatoms. The number of benzene rings is 1. The van der Waals surface area contributed by atoms with E-state index in [1.54, 1.807) is 35.7 Å². The Labute approximate surface area is 148 Å². The minimum Gasteiger partial charge on any atom is -0.469 e. The Kier molecular flexibility index (Phi) is 4.70. The first-order valence-corrected chi connectivity index (χ1v) is 7.69. The normalized spacial score (nSPS) is 11.2. The number of aryl methyl sites for hydroxylation is 1. The molecule has 0 aliphatic heterocycles. The molecule has 3 rings (SSSR count). The third-order valence-electron chi connectivity index (χ3n) is 3.77. The van der Waals surface area contributed by atoms with Gasteiger partial charge in [0.15, 0.2) is 5.82 Å². The number of methoxy groups -OCH3 is 1. The van der Waals surface area contributed by atoms with Gasteiger partial charge in [0, 0.05) is 18.3 Å². The molecular formula is C17H15N5O4. The summed E-state index contributed by atoms with van der Waals surface area (Å²) in [6, 6.07) is 9.76. The number of azo groups is 1. The number of carbonyl (C=O) groups is 1. The van der Waals surface area contributed by atoms with Crippen LogP contribution in [-0.2, 0) is 16.0 Å². The van der Waals surface area contributed by atoms with Gasteiger partial charge in [-0.25, -0.2) is 4.98 Å². The molecule has 0 saturated heterocycles. The summed E-state index contributed by atoms with van der Waals surface area (Å²) >= 11 is 0. The molecule has 9 nitrogen and oxygen atoms in total. The van der Waals surface area contributed by atoms with Crippen LogP contribution in [0.1, 0.15) is 11.3 Å². The van der Waals surface area contributed by atoms with Gasteiger partial charge in [0.2, 0.25) is 0 Å². The van der Waals surface area contributed by atoms with Crippen LogP contribution in [0.5, 0.6) is 0 Å². The van der Waals surface area contributed by atoms with E-state index in [1.165, 1.54) is 19.2 Å². The van der Waals surface area contributed by atoms with Crippen LogP contribution in [0, 0.1) is 17.0 Å². The molecule has 3 aromatic rings. The highest BCUT2D eigenvalue weighted by molar-refractivity contribution is 5.74. The smallest absolute Gasteiger partial charge is 0.311 e. The Morgan fingerprint density at radius 2 is 2.12 bits per heavy atom. The molecule has 0 N–H and O–H groups in total. The number of fused-ring (bicyclic) bond motifs is 1. The van der Waals surface area contributed by atoms with Crippen molar-refractivity contribution in [3.05, 3.63) is 64.0 Å². The van der Waals surface area contributed by atoms with Crippen molar-refractivity contribution in [3.8, 4) is 0 Å². The Bertz CT molecular complexity index is 1030. The van der Waals surface area contributed by atoms with Gasteiger partial charge in [-0.2, -0.15) is 0 Å². The molecule has 1 aromatic carbocycles. The lowest BCUT2D eigenvalue weighted by Gasteiger charge is -2.01. The zero-order valence-electron chi connectivity index (χ0n) is 14.1. The first-order chi connectivity index (χ1) is 12.5.